The number of nitrogens with two attached hydrogens (primary N) is 1. The van der Waals surface area contributed by atoms with Gasteiger partial charge in [-0.1, -0.05) is 0 Å². The number of carbonyl (C=O) groups excluding carboxylic acids is 2. The van der Waals surface area contributed by atoms with Crippen LogP contribution in [0.2, 0.25) is 0 Å². The van der Waals surface area contributed by atoms with Crippen molar-refractivity contribution in [2.45, 2.75) is 39.0 Å². The van der Waals surface area contributed by atoms with E-state index in [1.54, 1.807) is 0 Å². The molecule has 0 radical (unpaired) electrons. The monoisotopic (exact) mass is 359 g/mol. The van der Waals surface area contributed by atoms with Crippen LogP contribution >= 0.6 is 0 Å². The number of aromatic nitrogens is 2. The number of rotatable bonds is 4. The minimum Gasteiger partial charge on any atom is -0.460 e. The van der Waals surface area contributed by atoms with Crippen LogP contribution in [-0.2, 0) is 23.8 Å². The molecule has 0 saturated carbocycles. The van der Waals surface area contributed by atoms with Crippen molar-refractivity contribution < 1.29 is 32.6 Å². The first-order valence-electron chi connectivity index (χ1n) is 7.03. The zero-order valence-corrected chi connectivity index (χ0v) is 13.5. The van der Waals surface area contributed by atoms with Crippen LogP contribution in [0.4, 0.5) is 14.6 Å². The average Bonchev–Trinajstić information content (AvgIpc) is 2.70. The topological polar surface area (TPSA) is 123 Å². The molecule has 0 amide bonds. The second kappa shape index (κ2) is 6.49. The molecule has 1 aliphatic rings. The Morgan fingerprint density at radius 3 is 2.56 bits per heavy atom. The highest BCUT2D eigenvalue weighted by atomic mass is 19.3. The van der Waals surface area contributed by atoms with Crippen molar-refractivity contribution in [1.82, 2.24) is 9.55 Å². The maximum Gasteiger partial charge on any atom is 0.363 e. The molecule has 0 aliphatic carbocycles. The van der Waals surface area contributed by atoms with E-state index in [2.05, 4.69) is 9.72 Å². The Balaban J connectivity index is 2.50. The van der Waals surface area contributed by atoms with Gasteiger partial charge in [0.15, 0.2) is 11.9 Å². The molecule has 9 nitrogen and oxygen atoms in total. The highest BCUT2D eigenvalue weighted by molar-refractivity contribution is 5.68. The molecule has 25 heavy (non-hydrogen) atoms. The molecule has 0 bridgehead atoms. The Bertz CT molecular complexity index is 804. The lowest BCUT2D eigenvalue weighted by Crippen LogP contribution is -2.37. The van der Waals surface area contributed by atoms with E-state index >= 15 is 0 Å². The van der Waals surface area contributed by atoms with E-state index in [4.69, 9.17) is 15.2 Å². The summed E-state index contributed by atoms with van der Waals surface area (Å²) in [6.45, 7) is 3.24. The lowest BCUT2D eigenvalue weighted by atomic mass is 10.2. The fourth-order valence-electron chi connectivity index (χ4n) is 2.20. The van der Waals surface area contributed by atoms with Gasteiger partial charge in [0.1, 0.15) is 5.82 Å². The predicted molar refractivity (Wildman–Crippen MR) is 78.0 cm³/mol. The van der Waals surface area contributed by atoms with Gasteiger partial charge in [0.05, 0.1) is 0 Å². The Kier molecular flexibility index (Phi) is 4.77. The van der Waals surface area contributed by atoms with Crippen molar-refractivity contribution in [3.63, 3.8) is 0 Å². The van der Waals surface area contributed by atoms with Gasteiger partial charge in [-0.3, -0.25) is 14.2 Å². The fourth-order valence-corrected chi connectivity index (χ4v) is 2.20. The number of halogens is 2. The van der Waals surface area contributed by atoms with Crippen LogP contribution < -0.4 is 11.4 Å². The van der Waals surface area contributed by atoms with Gasteiger partial charge in [-0.2, -0.15) is 13.8 Å². The number of anilines is 1. The first kappa shape index (κ1) is 18.4. The Hall–Kier alpha value is -2.98. The quantitative estimate of drug-likeness (QED) is 0.780. The van der Waals surface area contributed by atoms with Gasteiger partial charge in [0, 0.05) is 20.0 Å². The van der Waals surface area contributed by atoms with Crippen molar-refractivity contribution in [1.29, 1.82) is 0 Å². The van der Waals surface area contributed by atoms with Gasteiger partial charge >= 0.3 is 23.6 Å². The number of nitrogens with zero attached hydrogens (tertiary/aromatic N) is 2. The fraction of sp³-hybridized carbons (Fsp3) is 0.429. The number of alkyl halides is 2. The molecule has 1 aromatic heterocycles. The Morgan fingerprint density at radius 1 is 1.40 bits per heavy atom. The van der Waals surface area contributed by atoms with Crippen molar-refractivity contribution in [3.05, 3.63) is 34.3 Å². The molecule has 1 aliphatic heterocycles. The number of nitrogen functional groups attached to an aromatic ring is 1. The molecule has 2 rings (SSSR count). The molecule has 1 unspecified atom stereocenters. The predicted octanol–water partition coefficient (Wildman–Crippen LogP) is 0.716. The first-order valence-corrected chi connectivity index (χ1v) is 7.03. The zero-order chi connectivity index (χ0) is 18.9. The molecular weight excluding hydrogens is 344 g/mol. The summed E-state index contributed by atoms with van der Waals surface area (Å²) in [4.78, 5) is 37.4. The summed E-state index contributed by atoms with van der Waals surface area (Å²) in [7, 11) is 0. The molecule has 136 valence electrons. The normalized spacial score (nSPS) is 20.0. The molecule has 0 saturated heterocycles. The summed E-state index contributed by atoms with van der Waals surface area (Å²) >= 11 is 0. The van der Waals surface area contributed by atoms with Gasteiger partial charge in [-0.05, 0) is 13.0 Å². The summed E-state index contributed by atoms with van der Waals surface area (Å²) in [5.41, 5.74) is 4.24. The Labute approximate surface area is 140 Å². The van der Waals surface area contributed by atoms with Crippen molar-refractivity contribution in [2.75, 3.05) is 5.73 Å². The zero-order valence-electron chi connectivity index (χ0n) is 13.5. The van der Waals surface area contributed by atoms with Crippen molar-refractivity contribution in [2.24, 2.45) is 0 Å². The standard InChI is InChI=1S/C14H15F2N3O6/c1-6(23-7(2)20)10-11(24-8(3)21)14(15,16)12(25-10)19-5-4-9(17)18-13(19)22/h4-6,12H,1-3H3,(H2,17,18,22)/t6?,12-/m1/s1. The van der Waals surface area contributed by atoms with Crippen LogP contribution in [0.25, 0.3) is 0 Å². The highest BCUT2D eigenvalue weighted by Crippen LogP contribution is 2.47. The number of carbonyl (C=O) groups is 2. The number of ether oxygens (including phenoxy) is 3. The molecular formula is C14H15F2N3O6. The van der Waals surface area contributed by atoms with E-state index < -0.39 is 47.4 Å². The first-order chi connectivity index (χ1) is 11.5. The summed E-state index contributed by atoms with van der Waals surface area (Å²) in [5.74, 6) is -7.58. The Morgan fingerprint density at radius 2 is 2.04 bits per heavy atom. The molecule has 0 fully saturated rings. The minimum atomic E-state index is -3.91. The summed E-state index contributed by atoms with van der Waals surface area (Å²) in [6.07, 6.45) is -2.50. The minimum absolute atomic E-state index is 0.163. The highest BCUT2D eigenvalue weighted by Gasteiger charge is 2.58. The average molecular weight is 359 g/mol. The number of hydrogen-bond donors (Lipinski definition) is 1. The molecule has 0 spiro atoms. The van der Waals surface area contributed by atoms with Gasteiger partial charge in [-0.15, -0.1) is 0 Å². The molecule has 2 N–H and O–H groups in total. The lowest BCUT2D eigenvalue weighted by Gasteiger charge is -2.21. The van der Waals surface area contributed by atoms with E-state index in [9.17, 15) is 23.2 Å². The third-order valence-electron chi connectivity index (χ3n) is 3.14. The molecule has 1 aromatic rings. The molecule has 2 atom stereocenters. The lowest BCUT2D eigenvalue weighted by molar-refractivity contribution is -0.152. The van der Waals surface area contributed by atoms with Crippen LogP contribution in [0, 0.1) is 0 Å². The van der Waals surface area contributed by atoms with E-state index in [0.717, 1.165) is 26.1 Å². The molecule has 11 heteroatoms. The maximum atomic E-state index is 14.7. The van der Waals surface area contributed by atoms with Crippen LogP contribution in [0.3, 0.4) is 0 Å². The summed E-state index contributed by atoms with van der Waals surface area (Å²) in [6, 6.07) is 1.12. The van der Waals surface area contributed by atoms with Gasteiger partial charge in [-0.25, -0.2) is 4.79 Å². The van der Waals surface area contributed by atoms with E-state index in [-0.39, 0.29) is 5.82 Å². The second-order valence-corrected chi connectivity index (χ2v) is 5.17. The van der Waals surface area contributed by atoms with Crippen LogP contribution in [-0.4, -0.2) is 33.5 Å². The maximum absolute atomic E-state index is 14.7. The third-order valence-corrected chi connectivity index (χ3v) is 3.14. The summed E-state index contributed by atoms with van der Waals surface area (Å²) < 4.78 is 44.4. The van der Waals surface area contributed by atoms with Crippen LogP contribution in [0.1, 0.15) is 27.0 Å². The van der Waals surface area contributed by atoms with E-state index in [0.29, 0.717) is 4.57 Å². The van der Waals surface area contributed by atoms with Gasteiger partial charge in [0.25, 0.3) is 6.23 Å². The van der Waals surface area contributed by atoms with E-state index in [1.807, 2.05) is 0 Å². The second-order valence-electron chi connectivity index (χ2n) is 5.17. The molecule has 2 heterocycles. The van der Waals surface area contributed by atoms with Gasteiger partial charge in [0.2, 0.25) is 5.76 Å². The largest absolute Gasteiger partial charge is 0.460 e. The number of hydrogen-bond acceptors (Lipinski definition) is 8. The summed E-state index contributed by atoms with van der Waals surface area (Å²) in [5, 5.41) is 0. The van der Waals surface area contributed by atoms with Crippen LogP contribution in [0.15, 0.2) is 28.6 Å². The van der Waals surface area contributed by atoms with E-state index in [1.165, 1.54) is 6.92 Å². The number of esters is 2. The van der Waals surface area contributed by atoms with Crippen molar-refractivity contribution >= 4 is 17.8 Å². The molecule has 0 aromatic carbocycles. The SMILES string of the molecule is CC(=O)OC1=C(C(C)OC(C)=O)O[C@@H](n2ccc(N)nc2=O)C1(F)F. The van der Waals surface area contributed by atoms with Gasteiger partial charge < -0.3 is 19.9 Å². The smallest absolute Gasteiger partial charge is 0.363 e. The third kappa shape index (κ3) is 3.59. The van der Waals surface area contributed by atoms with Crippen LogP contribution in [0.5, 0.6) is 0 Å². The van der Waals surface area contributed by atoms with Crippen molar-refractivity contribution in [3.8, 4) is 0 Å².